The second kappa shape index (κ2) is 8.24. The van der Waals surface area contributed by atoms with Crippen LogP contribution in [0.2, 0.25) is 0 Å². The summed E-state index contributed by atoms with van der Waals surface area (Å²) in [4.78, 5) is 17.0. The van der Waals surface area contributed by atoms with Gasteiger partial charge in [0, 0.05) is 28.3 Å². The highest BCUT2D eigenvalue weighted by Gasteiger charge is 2.13. The lowest BCUT2D eigenvalue weighted by molar-refractivity contribution is 0.102. The number of nitrogens with one attached hydrogen (secondary N) is 1. The molecule has 0 bridgehead atoms. The zero-order valence-corrected chi connectivity index (χ0v) is 16.4. The normalized spacial score (nSPS) is 10.6. The van der Waals surface area contributed by atoms with Crippen LogP contribution >= 0.6 is 11.3 Å². The van der Waals surface area contributed by atoms with E-state index in [2.05, 4.69) is 10.3 Å². The summed E-state index contributed by atoms with van der Waals surface area (Å²) in [5.74, 6) is -0.783. The smallest absolute Gasteiger partial charge is 0.258 e. The predicted molar refractivity (Wildman–Crippen MR) is 114 cm³/mol. The van der Waals surface area contributed by atoms with Crippen molar-refractivity contribution >= 4 is 22.9 Å². The number of rotatable bonds is 5. The van der Waals surface area contributed by atoms with E-state index in [0.29, 0.717) is 11.4 Å². The van der Waals surface area contributed by atoms with Crippen molar-refractivity contribution in [1.29, 1.82) is 0 Å². The predicted octanol–water partition coefficient (Wildman–Crippen LogP) is 5.88. The van der Waals surface area contributed by atoms with Crippen LogP contribution in [0, 0.1) is 5.82 Å². The van der Waals surface area contributed by atoms with Gasteiger partial charge in [0.25, 0.3) is 5.91 Å². The van der Waals surface area contributed by atoms with Crippen LogP contribution in [0.15, 0.2) is 78.2 Å². The molecule has 4 nitrogen and oxygen atoms in total. The zero-order valence-electron chi connectivity index (χ0n) is 15.6. The average molecular weight is 404 g/mol. The van der Waals surface area contributed by atoms with E-state index >= 15 is 0 Å². The van der Waals surface area contributed by atoms with Crippen LogP contribution in [0.4, 0.5) is 10.1 Å². The molecule has 4 rings (SSSR count). The molecule has 0 saturated carbocycles. The van der Waals surface area contributed by atoms with Crippen LogP contribution in [0.25, 0.3) is 21.8 Å². The molecule has 29 heavy (non-hydrogen) atoms. The highest BCUT2D eigenvalue weighted by Crippen LogP contribution is 2.29. The molecule has 0 saturated heterocycles. The van der Waals surface area contributed by atoms with Crippen molar-refractivity contribution in [2.45, 2.75) is 0 Å². The number of methoxy groups -OCH3 is 1. The molecule has 0 spiro atoms. The number of nitrogens with zero attached hydrogens (tertiary/aromatic N) is 1. The standard InChI is InChI=1S/C23H17FN2O2S/c1-28-18-11-12-19(20(24)13-18)22(27)25-17-9-7-15(8-10-17)21-14-29-23(26-21)16-5-3-2-4-6-16/h2-14H,1H3,(H,25,27). The van der Waals surface area contributed by atoms with Gasteiger partial charge in [-0.05, 0) is 24.3 Å². The van der Waals surface area contributed by atoms with Gasteiger partial charge in [0.05, 0.1) is 18.4 Å². The van der Waals surface area contributed by atoms with E-state index in [-0.39, 0.29) is 5.56 Å². The van der Waals surface area contributed by atoms with Crippen LogP contribution in [-0.2, 0) is 0 Å². The van der Waals surface area contributed by atoms with E-state index in [0.717, 1.165) is 21.8 Å². The lowest BCUT2D eigenvalue weighted by Crippen LogP contribution is -2.13. The quantitative estimate of drug-likeness (QED) is 0.452. The Bertz CT molecular complexity index is 1140. The molecule has 1 amide bonds. The van der Waals surface area contributed by atoms with Crippen molar-refractivity contribution < 1.29 is 13.9 Å². The number of anilines is 1. The Hall–Kier alpha value is -3.51. The molecular weight excluding hydrogens is 387 g/mol. The van der Waals surface area contributed by atoms with Gasteiger partial charge in [0.1, 0.15) is 16.6 Å². The minimum absolute atomic E-state index is 0.0399. The molecule has 0 unspecified atom stereocenters. The molecular formula is C23H17FN2O2S. The van der Waals surface area contributed by atoms with E-state index in [1.807, 2.05) is 47.8 Å². The topological polar surface area (TPSA) is 51.2 Å². The molecule has 0 atom stereocenters. The molecule has 1 N–H and O–H groups in total. The summed E-state index contributed by atoms with van der Waals surface area (Å²) in [6, 6.07) is 21.4. The molecule has 1 aromatic heterocycles. The van der Waals surface area contributed by atoms with Crippen LogP contribution in [0.3, 0.4) is 0 Å². The first-order chi connectivity index (χ1) is 14.1. The number of ether oxygens (including phenoxy) is 1. The number of carbonyl (C=O) groups is 1. The highest BCUT2D eigenvalue weighted by molar-refractivity contribution is 7.13. The molecule has 144 valence electrons. The molecule has 0 radical (unpaired) electrons. The molecule has 3 aromatic carbocycles. The molecule has 4 aromatic rings. The van der Waals surface area contributed by atoms with Crippen molar-refractivity contribution in [2.24, 2.45) is 0 Å². The van der Waals surface area contributed by atoms with Crippen LogP contribution in [0.5, 0.6) is 5.75 Å². The molecule has 1 heterocycles. The number of thiazole rings is 1. The maximum atomic E-state index is 14.1. The summed E-state index contributed by atoms with van der Waals surface area (Å²) >= 11 is 1.58. The summed E-state index contributed by atoms with van der Waals surface area (Å²) in [6.07, 6.45) is 0. The van der Waals surface area contributed by atoms with Crippen molar-refractivity contribution in [2.75, 3.05) is 12.4 Å². The van der Waals surface area contributed by atoms with Gasteiger partial charge in [-0.15, -0.1) is 11.3 Å². The Morgan fingerprint density at radius 2 is 1.76 bits per heavy atom. The number of halogens is 1. The van der Waals surface area contributed by atoms with E-state index in [9.17, 15) is 9.18 Å². The van der Waals surface area contributed by atoms with Crippen LogP contribution in [0.1, 0.15) is 10.4 Å². The van der Waals surface area contributed by atoms with Gasteiger partial charge in [0.2, 0.25) is 0 Å². The number of hydrogen-bond donors (Lipinski definition) is 1. The van der Waals surface area contributed by atoms with E-state index in [4.69, 9.17) is 4.74 Å². The zero-order chi connectivity index (χ0) is 20.2. The Morgan fingerprint density at radius 3 is 2.45 bits per heavy atom. The largest absolute Gasteiger partial charge is 0.497 e. The minimum Gasteiger partial charge on any atom is -0.497 e. The van der Waals surface area contributed by atoms with Crippen LogP contribution < -0.4 is 10.1 Å². The van der Waals surface area contributed by atoms with Crippen molar-refractivity contribution in [1.82, 2.24) is 4.98 Å². The van der Waals surface area contributed by atoms with Gasteiger partial charge in [-0.1, -0.05) is 42.5 Å². The highest BCUT2D eigenvalue weighted by atomic mass is 32.1. The van der Waals surface area contributed by atoms with E-state index in [1.165, 1.54) is 19.2 Å². The Labute approximate surface area is 171 Å². The van der Waals surface area contributed by atoms with E-state index in [1.54, 1.807) is 29.5 Å². The summed E-state index contributed by atoms with van der Waals surface area (Å²) in [6.45, 7) is 0. The summed E-state index contributed by atoms with van der Waals surface area (Å²) in [5, 5.41) is 5.66. The van der Waals surface area contributed by atoms with Gasteiger partial charge in [-0.2, -0.15) is 0 Å². The first-order valence-electron chi connectivity index (χ1n) is 8.90. The number of aromatic nitrogens is 1. The maximum absolute atomic E-state index is 14.1. The van der Waals surface area contributed by atoms with Gasteiger partial charge in [-0.3, -0.25) is 4.79 Å². The lowest BCUT2D eigenvalue weighted by atomic mass is 10.1. The Kier molecular flexibility index (Phi) is 5.35. The minimum atomic E-state index is -0.630. The first-order valence-corrected chi connectivity index (χ1v) is 9.78. The third-order valence-electron chi connectivity index (χ3n) is 4.38. The van der Waals surface area contributed by atoms with Gasteiger partial charge < -0.3 is 10.1 Å². The Morgan fingerprint density at radius 1 is 1.00 bits per heavy atom. The monoisotopic (exact) mass is 404 g/mol. The molecule has 0 fully saturated rings. The number of hydrogen-bond acceptors (Lipinski definition) is 4. The van der Waals surface area contributed by atoms with Crippen molar-refractivity contribution in [3.63, 3.8) is 0 Å². The fourth-order valence-electron chi connectivity index (χ4n) is 2.85. The second-order valence-corrected chi connectivity index (χ2v) is 7.14. The fourth-order valence-corrected chi connectivity index (χ4v) is 3.68. The van der Waals surface area contributed by atoms with Gasteiger partial charge in [-0.25, -0.2) is 9.37 Å². The molecule has 0 aliphatic rings. The summed E-state index contributed by atoms with van der Waals surface area (Å²) in [7, 11) is 1.45. The number of amides is 1. The SMILES string of the molecule is COc1ccc(C(=O)Nc2ccc(-c3csc(-c4ccccc4)n3)cc2)c(F)c1. The van der Waals surface area contributed by atoms with Gasteiger partial charge in [0.15, 0.2) is 0 Å². The average Bonchev–Trinajstić information content (AvgIpc) is 3.25. The van der Waals surface area contributed by atoms with E-state index < -0.39 is 11.7 Å². The molecule has 6 heteroatoms. The lowest BCUT2D eigenvalue weighted by Gasteiger charge is -2.08. The summed E-state index contributed by atoms with van der Waals surface area (Å²) in [5.41, 5.74) is 3.42. The van der Waals surface area contributed by atoms with Crippen molar-refractivity contribution in [3.8, 4) is 27.6 Å². The third kappa shape index (κ3) is 4.17. The third-order valence-corrected chi connectivity index (χ3v) is 5.28. The molecule has 0 aliphatic heterocycles. The Balaban J connectivity index is 1.48. The maximum Gasteiger partial charge on any atom is 0.258 e. The number of carbonyl (C=O) groups excluding carboxylic acids is 1. The number of benzene rings is 3. The van der Waals surface area contributed by atoms with Crippen molar-refractivity contribution in [3.05, 3.63) is 89.6 Å². The molecule has 0 aliphatic carbocycles. The first kappa shape index (κ1) is 18.8. The second-order valence-electron chi connectivity index (χ2n) is 6.28. The fraction of sp³-hybridized carbons (Fsp3) is 0.0435. The van der Waals surface area contributed by atoms with Gasteiger partial charge >= 0.3 is 0 Å². The van der Waals surface area contributed by atoms with Crippen LogP contribution in [-0.4, -0.2) is 18.0 Å². The summed E-state index contributed by atoms with van der Waals surface area (Å²) < 4.78 is 19.0.